The minimum Gasteiger partial charge on any atom is -0.307 e. The van der Waals surface area contributed by atoms with E-state index in [9.17, 15) is 4.39 Å². The third-order valence-electron chi connectivity index (χ3n) is 3.58. The van der Waals surface area contributed by atoms with Crippen LogP contribution in [0.25, 0.3) is 0 Å². The molecule has 0 saturated heterocycles. The van der Waals surface area contributed by atoms with Crippen molar-refractivity contribution in [3.8, 4) is 0 Å². The van der Waals surface area contributed by atoms with Crippen LogP contribution in [0.4, 0.5) is 4.39 Å². The quantitative estimate of drug-likeness (QED) is 0.737. The van der Waals surface area contributed by atoms with E-state index < -0.39 is 0 Å². The van der Waals surface area contributed by atoms with Crippen molar-refractivity contribution in [2.24, 2.45) is 0 Å². The van der Waals surface area contributed by atoms with Gasteiger partial charge in [0.05, 0.1) is 0 Å². The standard InChI is InChI=1S/C16H26FN/c1-5-7-8-15(6-2)18-13(4)14-10-9-12(3)16(17)11-14/h9-11,13,15,18H,5-8H2,1-4H3. The van der Waals surface area contributed by atoms with Gasteiger partial charge in [-0.05, 0) is 43.9 Å². The Morgan fingerprint density at radius 3 is 2.56 bits per heavy atom. The number of rotatable bonds is 7. The molecule has 2 unspecified atom stereocenters. The minimum absolute atomic E-state index is 0.109. The maximum absolute atomic E-state index is 13.5. The fourth-order valence-corrected chi connectivity index (χ4v) is 2.18. The van der Waals surface area contributed by atoms with Gasteiger partial charge in [-0.3, -0.25) is 0 Å². The van der Waals surface area contributed by atoms with Crippen LogP contribution >= 0.6 is 0 Å². The van der Waals surface area contributed by atoms with Gasteiger partial charge in [0.15, 0.2) is 0 Å². The average molecular weight is 251 g/mol. The number of hydrogen-bond donors (Lipinski definition) is 1. The molecule has 0 saturated carbocycles. The zero-order chi connectivity index (χ0) is 13.5. The van der Waals surface area contributed by atoms with Crippen molar-refractivity contribution < 1.29 is 4.39 Å². The second-order valence-corrected chi connectivity index (χ2v) is 5.14. The van der Waals surface area contributed by atoms with Crippen LogP contribution in [-0.4, -0.2) is 6.04 Å². The van der Waals surface area contributed by atoms with Crippen LogP contribution in [0.5, 0.6) is 0 Å². The first kappa shape index (κ1) is 15.2. The maximum Gasteiger partial charge on any atom is 0.126 e. The van der Waals surface area contributed by atoms with Crippen LogP contribution in [0, 0.1) is 12.7 Å². The maximum atomic E-state index is 13.5. The Kier molecular flexibility index (Phi) is 6.34. The molecule has 1 N–H and O–H groups in total. The molecule has 0 aliphatic rings. The Balaban J connectivity index is 2.62. The summed E-state index contributed by atoms with van der Waals surface area (Å²) in [6.45, 7) is 8.33. The Hall–Kier alpha value is -0.890. The van der Waals surface area contributed by atoms with Gasteiger partial charge in [-0.2, -0.15) is 0 Å². The van der Waals surface area contributed by atoms with Gasteiger partial charge < -0.3 is 5.32 Å². The molecule has 1 nitrogen and oxygen atoms in total. The summed E-state index contributed by atoms with van der Waals surface area (Å²) in [6.07, 6.45) is 4.80. The first-order chi connectivity index (χ1) is 8.58. The second-order valence-electron chi connectivity index (χ2n) is 5.14. The fraction of sp³-hybridized carbons (Fsp3) is 0.625. The van der Waals surface area contributed by atoms with Crippen LogP contribution in [-0.2, 0) is 0 Å². The highest BCUT2D eigenvalue weighted by molar-refractivity contribution is 5.25. The van der Waals surface area contributed by atoms with Crippen molar-refractivity contribution >= 4 is 0 Å². The molecule has 0 bridgehead atoms. The van der Waals surface area contributed by atoms with E-state index in [-0.39, 0.29) is 11.9 Å². The van der Waals surface area contributed by atoms with Crippen molar-refractivity contribution in [2.45, 2.75) is 65.5 Å². The summed E-state index contributed by atoms with van der Waals surface area (Å²) in [5, 5.41) is 3.60. The van der Waals surface area contributed by atoms with E-state index >= 15 is 0 Å². The number of nitrogens with one attached hydrogen (secondary N) is 1. The first-order valence-corrected chi connectivity index (χ1v) is 7.10. The van der Waals surface area contributed by atoms with E-state index in [0.29, 0.717) is 11.6 Å². The third kappa shape index (κ3) is 4.41. The first-order valence-electron chi connectivity index (χ1n) is 7.10. The summed E-state index contributed by atoms with van der Waals surface area (Å²) in [4.78, 5) is 0. The predicted molar refractivity (Wildman–Crippen MR) is 76.3 cm³/mol. The molecule has 0 aliphatic carbocycles. The molecule has 1 aromatic rings. The molecule has 1 aromatic carbocycles. The number of aryl methyl sites for hydroxylation is 1. The summed E-state index contributed by atoms with van der Waals surface area (Å²) in [6, 6.07) is 6.27. The van der Waals surface area contributed by atoms with E-state index in [1.807, 2.05) is 12.1 Å². The normalized spacial score (nSPS) is 14.5. The van der Waals surface area contributed by atoms with Gasteiger partial charge in [0.1, 0.15) is 5.82 Å². The number of unbranched alkanes of at least 4 members (excludes halogenated alkanes) is 1. The fourth-order valence-electron chi connectivity index (χ4n) is 2.18. The summed E-state index contributed by atoms with van der Waals surface area (Å²) in [7, 11) is 0. The van der Waals surface area contributed by atoms with Crippen molar-refractivity contribution in [1.82, 2.24) is 5.32 Å². The lowest BCUT2D eigenvalue weighted by Gasteiger charge is -2.22. The Morgan fingerprint density at radius 2 is 2.00 bits per heavy atom. The van der Waals surface area contributed by atoms with Crippen molar-refractivity contribution in [1.29, 1.82) is 0 Å². The molecular weight excluding hydrogens is 225 g/mol. The highest BCUT2D eigenvalue weighted by atomic mass is 19.1. The number of halogens is 1. The molecule has 0 radical (unpaired) electrons. The topological polar surface area (TPSA) is 12.0 Å². The lowest BCUT2D eigenvalue weighted by Crippen LogP contribution is -2.31. The monoisotopic (exact) mass is 251 g/mol. The zero-order valence-electron chi connectivity index (χ0n) is 12.1. The Bertz CT molecular complexity index is 362. The van der Waals surface area contributed by atoms with Gasteiger partial charge in [0.25, 0.3) is 0 Å². The van der Waals surface area contributed by atoms with Crippen LogP contribution in [0.15, 0.2) is 18.2 Å². The van der Waals surface area contributed by atoms with Crippen LogP contribution in [0.2, 0.25) is 0 Å². The Labute approximate surface area is 111 Å². The highest BCUT2D eigenvalue weighted by Gasteiger charge is 2.12. The van der Waals surface area contributed by atoms with Gasteiger partial charge >= 0.3 is 0 Å². The molecule has 2 heteroatoms. The van der Waals surface area contributed by atoms with Gasteiger partial charge in [0.2, 0.25) is 0 Å². The molecule has 0 spiro atoms. The summed E-state index contributed by atoms with van der Waals surface area (Å²) >= 11 is 0. The highest BCUT2D eigenvalue weighted by Crippen LogP contribution is 2.18. The number of benzene rings is 1. The molecular formula is C16H26FN. The van der Waals surface area contributed by atoms with Crippen molar-refractivity contribution in [3.05, 3.63) is 35.1 Å². The third-order valence-corrected chi connectivity index (χ3v) is 3.58. The summed E-state index contributed by atoms with van der Waals surface area (Å²) in [5.41, 5.74) is 1.75. The molecule has 2 atom stereocenters. The van der Waals surface area contributed by atoms with E-state index in [1.165, 1.54) is 19.3 Å². The lowest BCUT2D eigenvalue weighted by atomic mass is 10.0. The molecule has 1 rings (SSSR count). The van der Waals surface area contributed by atoms with Crippen LogP contribution < -0.4 is 5.32 Å². The average Bonchev–Trinajstić information content (AvgIpc) is 2.37. The van der Waals surface area contributed by atoms with E-state index in [4.69, 9.17) is 0 Å². The smallest absolute Gasteiger partial charge is 0.126 e. The SMILES string of the molecule is CCCCC(CC)NC(C)c1ccc(C)c(F)c1. The van der Waals surface area contributed by atoms with Crippen molar-refractivity contribution in [2.75, 3.05) is 0 Å². The molecule has 0 fully saturated rings. The molecule has 102 valence electrons. The summed E-state index contributed by atoms with van der Waals surface area (Å²) in [5.74, 6) is -0.109. The second kappa shape index (κ2) is 7.52. The molecule has 18 heavy (non-hydrogen) atoms. The zero-order valence-corrected chi connectivity index (χ0v) is 12.1. The molecule has 0 aromatic heterocycles. The lowest BCUT2D eigenvalue weighted by molar-refractivity contribution is 0.409. The predicted octanol–water partition coefficient (Wildman–Crippen LogP) is 4.75. The van der Waals surface area contributed by atoms with E-state index in [1.54, 1.807) is 13.0 Å². The molecule has 0 amide bonds. The van der Waals surface area contributed by atoms with E-state index in [0.717, 1.165) is 12.0 Å². The number of hydrogen-bond acceptors (Lipinski definition) is 1. The minimum atomic E-state index is -0.109. The van der Waals surface area contributed by atoms with Gasteiger partial charge in [0, 0.05) is 12.1 Å². The Morgan fingerprint density at radius 1 is 1.28 bits per heavy atom. The van der Waals surface area contributed by atoms with Crippen molar-refractivity contribution in [3.63, 3.8) is 0 Å². The van der Waals surface area contributed by atoms with Gasteiger partial charge in [-0.1, -0.05) is 38.8 Å². The summed E-state index contributed by atoms with van der Waals surface area (Å²) < 4.78 is 13.5. The largest absolute Gasteiger partial charge is 0.307 e. The van der Waals surface area contributed by atoms with E-state index in [2.05, 4.69) is 26.1 Å². The van der Waals surface area contributed by atoms with Gasteiger partial charge in [-0.25, -0.2) is 4.39 Å². The van der Waals surface area contributed by atoms with Gasteiger partial charge in [-0.15, -0.1) is 0 Å². The van der Waals surface area contributed by atoms with Crippen LogP contribution in [0.3, 0.4) is 0 Å². The van der Waals surface area contributed by atoms with Crippen LogP contribution in [0.1, 0.15) is 63.6 Å². The molecule has 0 heterocycles. The molecule has 0 aliphatic heterocycles.